The van der Waals surface area contributed by atoms with E-state index in [1.54, 1.807) is 20.8 Å². The molecule has 7 heteroatoms. The van der Waals surface area contributed by atoms with Crippen molar-refractivity contribution >= 4 is 43.9 Å². The van der Waals surface area contributed by atoms with E-state index in [0.29, 0.717) is 13.0 Å². The van der Waals surface area contributed by atoms with Gasteiger partial charge >= 0.3 is 12.1 Å². The third-order valence-electron chi connectivity index (χ3n) is 3.75. The molecule has 1 aliphatic heterocycles. The molecule has 1 heterocycles. The summed E-state index contributed by atoms with van der Waals surface area (Å²) < 4.78 is 10.0. The zero-order valence-corrected chi connectivity index (χ0v) is 15.2. The van der Waals surface area contributed by atoms with Crippen molar-refractivity contribution in [1.82, 2.24) is 4.90 Å². The van der Waals surface area contributed by atoms with Gasteiger partial charge in [0.25, 0.3) is 0 Å². The van der Waals surface area contributed by atoms with Gasteiger partial charge in [-0.25, -0.2) is 9.59 Å². The van der Waals surface area contributed by atoms with Crippen molar-refractivity contribution in [3.05, 3.63) is 0 Å². The van der Waals surface area contributed by atoms with Crippen LogP contribution >= 0.6 is 31.9 Å². The van der Waals surface area contributed by atoms with Crippen LogP contribution in [0.15, 0.2) is 0 Å². The van der Waals surface area contributed by atoms with Crippen molar-refractivity contribution in [3.63, 3.8) is 0 Å². The Bertz CT molecular complexity index is 446. The molecule has 0 aromatic rings. The number of hydrogen-bond donors (Lipinski definition) is 0. The van der Waals surface area contributed by atoms with Crippen molar-refractivity contribution < 1.29 is 19.1 Å². The number of esters is 1. The maximum atomic E-state index is 12.3. The van der Waals surface area contributed by atoms with E-state index in [2.05, 4.69) is 31.9 Å². The molecule has 1 spiro atoms. The molecule has 1 aliphatic carbocycles. The first-order valence-corrected chi connectivity index (χ1v) is 8.05. The highest BCUT2D eigenvalue weighted by molar-refractivity contribution is 9.25. The second kappa shape index (κ2) is 4.87. The van der Waals surface area contributed by atoms with Crippen molar-refractivity contribution in [2.24, 2.45) is 5.41 Å². The van der Waals surface area contributed by atoms with Gasteiger partial charge in [0, 0.05) is 12.0 Å². The number of hydrogen-bond acceptors (Lipinski definition) is 4. The number of likely N-dealkylation sites (tertiary alicyclic amines) is 1. The first-order valence-electron chi connectivity index (χ1n) is 6.47. The molecular weight excluding hydrogens is 394 g/mol. The lowest BCUT2D eigenvalue weighted by atomic mass is 10.0. The monoisotopic (exact) mass is 411 g/mol. The van der Waals surface area contributed by atoms with E-state index < -0.39 is 23.7 Å². The van der Waals surface area contributed by atoms with Crippen LogP contribution in [-0.2, 0) is 14.3 Å². The molecule has 1 unspecified atom stereocenters. The summed E-state index contributed by atoms with van der Waals surface area (Å²) in [6.07, 6.45) is 0.981. The highest BCUT2D eigenvalue weighted by atomic mass is 79.9. The number of carbonyl (C=O) groups is 2. The molecule has 114 valence electrons. The molecule has 5 nitrogen and oxygen atoms in total. The van der Waals surface area contributed by atoms with Crippen molar-refractivity contribution in [1.29, 1.82) is 0 Å². The normalized spacial score (nSPS) is 31.3. The minimum atomic E-state index is -0.586. The Morgan fingerprint density at radius 2 is 1.85 bits per heavy atom. The average Bonchev–Trinajstić information content (AvgIpc) is 2.67. The minimum Gasteiger partial charge on any atom is -0.467 e. The number of nitrogens with zero attached hydrogens (tertiary/aromatic N) is 1. The topological polar surface area (TPSA) is 55.8 Å². The van der Waals surface area contributed by atoms with Crippen LogP contribution in [0.4, 0.5) is 4.79 Å². The Morgan fingerprint density at radius 1 is 1.30 bits per heavy atom. The highest BCUT2D eigenvalue weighted by Crippen LogP contribution is 2.71. The molecule has 2 aliphatic rings. The first-order chi connectivity index (χ1) is 9.01. The first kappa shape index (κ1) is 16.1. The second-order valence-electron chi connectivity index (χ2n) is 6.51. The van der Waals surface area contributed by atoms with Crippen LogP contribution in [0.25, 0.3) is 0 Å². The van der Waals surface area contributed by atoms with Crippen LogP contribution in [0, 0.1) is 5.41 Å². The molecule has 2 fully saturated rings. The largest absolute Gasteiger partial charge is 0.467 e. The number of amides is 1. The third kappa shape index (κ3) is 2.84. The fourth-order valence-electron chi connectivity index (χ4n) is 2.61. The van der Waals surface area contributed by atoms with Crippen LogP contribution in [0.2, 0.25) is 0 Å². The van der Waals surface area contributed by atoms with Gasteiger partial charge in [0.05, 0.1) is 10.3 Å². The molecule has 0 aromatic carbocycles. The standard InChI is InChI=1S/C13H19Br2NO4/c1-11(2,3)20-10(18)16-7-12(6-13(12,14)15)5-8(16)9(17)19-4/h8H,5-7H2,1-4H3/t8-,12?/m0/s1. The Labute approximate surface area is 135 Å². The third-order valence-corrected chi connectivity index (χ3v) is 5.99. The van der Waals surface area contributed by atoms with E-state index in [0.717, 1.165) is 6.42 Å². The SMILES string of the molecule is COC(=O)[C@@H]1CC2(CN1C(=O)OC(C)(C)C)CC2(Br)Br. The summed E-state index contributed by atoms with van der Waals surface area (Å²) in [5, 5.41) is 0. The van der Waals surface area contributed by atoms with Crippen LogP contribution < -0.4 is 0 Å². The number of rotatable bonds is 1. The lowest BCUT2D eigenvalue weighted by Crippen LogP contribution is -2.43. The molecule has 0 radical (unpaired) electrons. The van der Waals surface area contributed by atoms with Gasteiger partial charge in [0.15, 0.2) is 0 Å². The molecule has 0 N–H and O–H groups in total. The number of alkyl halides is 2. The van der Waals surface area contributed by atoms with Gasteiger partial charge < -0.3 is 9.47 Å². The van der Waals surface area contributed by atoms with Gasteiger partial charge in [0.2, 0.25) is 0 Å². The summed E-state index contributed by atoms with van der Waals surface area (Å²) in [5.41, 5.74) is -0.709. The Balaban J connectivity index is 2.17. The number of ether oxygens (including phenoxy) is 2. The van der Waals surface area contributed by atoms with Crippen molar-refractivity contribution in [2.75, 3.05) is 13.7 Å². The lowest BCUT2D eigenvalue weighted by Gasteiger charge is -2.27. The smallest absolute Gasteiger partial charge is 0.411 e. The van der Waals surface area contributed by atoms with E-state index in [1.165, 1.54) is 12.0 Å². The van der Waals surface area contributed by atoms with Crippen LogP contribution in [0.5, 0.6) is 0 Å². The minimum absolute atomic E-state index is 0.122. The molecule has 1 amide bonds. The maximum absolute atomic E-state index is 12.3. The molecule has 1 saturated carbocycles. The van der Waals surface area contributed by atoms with Gasteiger partial charge in [0.1, 0.15) is 11.6 Å². The van der Waals surface area contributed by atoms with Crippen molar-refractivity contribution in [3.8, 4) is 0 Å². The van der Waals surface area contributed by atoms with E-state index in [9.17, 15) is 9.59 Å². The highest BCUT2D eigenvalue weighted by Gasteiger charge is 2.70. The van der Waals surface area contributed by atoms with Gasteiger partial charge in [-0.05, 0) is 33.6 Å². The number of halogens is 2. The summed E-state index contributed by atoms with van der Waals surface area (Å²) in [7, 11) is 1.34. The molecule has 2 atom stereocenters. The summed E-state index contributed by atoms with van der Waals surface area (Å²) in [4.78, 5) is 25.7. The van der Waals surface area contributed by atoms with Gasteiger partial charge in [-0.3, -0.25) is 4.90 Å². The fourth-order valence-corrected chi connectivity index (χ4v) is 4.26. The van der Waals surface area contributed by atoms with Crippen LogP contribution in [-0.4, -0.2) is 45.5 Å². The van der Waals surface area contributed by atoms with E-state index in [1.807, 2.05) is 0 Å². The predicted octanol–water partition coefficient (Wildman–Crippen LogP) is 3.05. The molecular formula is C13H19Br2NO4. The number of carbonyl (C=O) groups excluding carboxylic acids is 2. The molecule has 0 aromatic heterocycles. The molecule has 2 rings (SSSR count). The quantitative estimate of drug-likeness (QED) is 0.490. The van der Waals surface area contributed by atoms with Gasteiger partial charge in [-0.1, -0.05) is 31.9 Å². The van der Waals surface area contributed by atoms with Crippen LogP contribution in [0.3, 0.4) is 0 Å². The van der Waals surface area contributed by atoms with E-state index in [4.69, 9.17) is 9.47 Å². The average molecular weight is 413 g/mol. The van der Waals surface area contributed by atoms with E-state index in [-0.39, 0.29) is 8.65 Å². The maximum Gasteiger partial charge on any atom is 0.411 e. The zero-order chi connectivity index (χ0) is 15.3. The molecule has 0 bridgehead atoms. The van der Waals surface area contributed by atoms with Gasteiger partial charge in [-0.15, -0.1) is 0 Å². The predicted molar refractivity (Wildman–Crippen MR) is 81.0 cm³/mol. The lowest BCUT2D eigenvalue weighted by molar-refractivity contribution is -0.145. The Hall–Kier alpha value is -0.300. The van der Waals surface area contributed by atoms with Gasteiger partial charge in [-0.2, -0.15) is 0 Å². The fraction of sp³-hybridized carbons (Fsp3) is 0.846. The molecule has 1 saturated heterocycles. The van der Waals surface area contributed by atoms with Crippen LogP contribution in [0.1, 0.15) is 33.6 Å². The summed E-state index contributed by atoms with van der Waals surface area (Å²) in [6.45, 7) is 5.90. The summed E-state index contributed by atoms with van der Waals surface area (Å²) >= 11 is 7.19. The molecule has 20 heavy (non-hydrogen) atoms. The second-order valence-corrected chi connectivity index (χ2v) is 10.3. The van der Waals surface area contributed by atoms with E-state index >= 15 is 0 Å². The Kier molecular flexibility index (Phi) is 3.91. The Morgan fingerprint density at radius 3 is 2.25 bits per heavy atom. The summed E-state index contributed by atoms with van der Waals surface area (Å²) in [5.74, 6) is -0.393. The zero-order valence-electron chi connectivity index (χ0n) is 12.0. The number of methoxy groups -OCH3 is 1. The summed E-state index contributed by atoms with van der Waals surface area (Å²) in [6, 6.07) is -0.577. The van der Waals surface area contributed by atoms with Crippen molar-refractivity contribution in [2.45, 2.75) is 48.5 Å².